The Morgan fingerprint density at radius 2 is 1.80 bits per heavy atom. The van der Waals surface area contributed by atoms with Crippen LogP contribution >= 0.6 is 43.6 Å². The van der Waals surface area contributed by atoms with E-state index in [2.05, 4.69) is 53.5 Å². The van der Waals surface area contributed by atoms with Gasteiger partial charge in [0, 0.05) is 38.0 Å². The molecule has 0 bridgehead atoms. The van der Waals surface area contributed by atoms with E-state index in [4.69, 9.17) is 0 Å². The fraction of sp³-hybridized carbons (Fsp3) is 0.211. The van der Waals surface area contributed by atoms with Crippen LogP contribution in [0.4, 0.5) is 4.39 Å². The first kappa shape index (κ1) is 18.7. The van der Waals surface area contributed by atoms with Gasteiger partial charge in [-0.1, -0.05) is 18.2 Å². The van der Waals surface area contributed by atoms with Crippen LogP contribution in [0.25, 0.3) is 0 Å². The minimum Gasteiger partial charge on any atom is -0.336 e. The fourth-order valence-electron chi connectivity index (χ4n) is 2.56. The summed E-state index contributed by atoms with van der Waals surface area (Å²) in [4.78, 5) is 5.34. The monoisotopic (exact) mass is 482 g/mol. The van der Waals surface area contributed by atoms with Gasteiger partial charge < -0.3 is 4.57 Å². The van der Waals surface area contributed by atoms with Gasteiger partial charge in [0.25, 0.3) is 0 Å². The Morgan fingerprint density at radius 1 is 1.08 bits per heavy atom. The summed E-state index contributed by atoms with van der Waals surface area (Å²) in [6, 6.07) is 12.9. The average molecular weight is 484 g/mol. The number of halogens is 3. The lowest BCUT2D eigenvalue weighted by molar-refractivity contribution is 0.617. The molecular weight excluding hydrogens is 467 g/mol. The van der Waals surface area contributed by atoms with Crippen molar-refractivity contribution < 1.29 is 4.39 Å². The van der Waals surface area contributed by atoms with Crippen LogP contribution in [-0.2, 0) is 13.0 Å². The molecule has 25 heavy (non-hydrogen) atoms. The third-order valence-corrected chi connectivity index (χ3v) is 7.09. The summed E-state index contributed by atoms with van der Waals surface area (Å²) in [5.41, 5.74) is 1.16. The molecule has 0 aliphatic heterocycles. The highest BCUT2D eigenvalue weighted by Crippen LogP contribution is 2.38. The van der Waals surface area contributed by atoms with E-state index in [1.165, 1.54) is 17.0 Å². The normalized spacial score (nSPS) is 12.3. The maximum absolute atomic E-state index is 13.1. The van der Waals surface area contributed by atoms with E-state index in [0.717, 1.165) is 33.9 Å². The van der Waals surface area contributed by atoms with E-state index < -0.39 is 0 Å². The summed E-state index contributed by atoms with van der Waals surface area (Å²) < 4.78 is 17.4. The highest BCUT2D eigenvalue weighted by molar-refractivity contribution is 9.11. The first-order valence-corrected chi connectivity index (χ1v) is 10.4. The van der Waals surface area contributed by atoms with Gasteiger partial charge in [-0.25, -0.2) is 9.37 Å². The molecule has 0 aliphatic rings. The number of nitrogens with zero attached hydrogens (tertiary/aromatic N) is 2. The standard InChI is InChI=1S/C19H17Br2FN2S/c20-17-2-1-3-18(21)19(17)25-16(12-24-11-10-23-13-24)9-6-14-4-7-15(22)8-5-14/h1-5,7-8,10-11,13,16H,6,9,12H2. The van der Waals surface area contributed by atoms with Crippen molar-refractivity contribution in [2.45, 2.75) is 29.5 Å². The van der Waals surface area contributed by atoms with Crippen molar-refractivity contribution in [3.63, 3.8) is 0 Å². The van der Waals surface area contributed by atoms with Crippen LogP contribution in [0.3, 0.4) is 0 Å². The highest BCUT2D eigenvalue weighted by Gasteiger charge is 2.16. The Labute approximate surface area is 168 Å². The van der Waals surface area contributed by atoms with Crippen molar-refractivity contribution in [2.24, 2.45) is 0 Å². The quantitative estimate of drug-likeness (QED) is 0.365. The predicted molar refractivity (Wildman–Crippen MR) is 108 cm³/mol. The number of imidazole rings is 1. The summed E-state index contributed by atoms with van der Waals surface area (Å²) >= 11 is 9.14. The minimum atomic E-state index is -0.190. The van der Waals surface area contributed by atoms with Crippen LogP contribution in [0.2, 0.25) is 0 Å². The molecule has 0 amide bonds. The van der Waals surface area contributed by atoms with Gasteiger partial charge in [-0.15, -0.1) is 11.8 Å². The molecule has 1 aromatic heterocycles. The highest BCUT2D eigenvalue weighted by atomic mass is 79.9. The molecule has 1 heterocycles. The molecule has 0 radical (unpaired) electrons. The Bertz CT molecular complexity index is 787. The second-order valence-corrected chi connectivity index (χ2v) is 8.73. The van der Waals surface area contributed by atoms with Crippen molar-refractivity contribution in [2.75, 3.05) is 0 Å². The second kappa shape index (κ2) is 9.01. The Morgan fingerprint density at radius 3 is 2.44 bits per heavy atom. The largest absolute Gasteiger partial charge is 0.336 e. The van der Waals surface area contributed by atoms with Gasteiger partial charge in [-0.2, -0.15) is 0 Å². The van der Waals surface area contributed by atoms with Crippen molar-refractivity contribution in [1.82, 2.24) is 9.55 Å². The van der Waals surface area contributed by atoms with Crippen LogP contribution in [0, 0.1) is 5.82 Å². The van der Waals surface area contributed by atoms with Crippen molar-refractivity contribution >= 4 is 43.6 Å². The maximum atomic E-state index is 13.1. The molecule has 0 fully saturated rings. The van der Waals surface area contributed by atoms with E-state index in [1.54, 1.807) is 6.20 Å². The molecule has 3 aromatic rings. The van der Waals surface area contributed by atoms with Crippen LogP contribution in [0.5, 0.6) is 0 Å². The Hall–Kier alpha value is -1.11. The summed E-state index contributed by atoms with van der Waals surface area (Å²) in [6.07, 6.45) is 7.54. The molecule has 0 N–H and O–H groups in total. The lowest BCUT2D eigenvalue weighted by Crippen LogP contribution is -2.13. The zero-order valence-corrected chi connectivity index (χ0v) is 17.4. The summed E-state index contributed by atoms with van der Waals surface area (Å²) in [5, 5.41) is 0.370. The van der Waals surface area contributed by atoms with E-state index in [0.29, 0.717) is 5.25 Å². The Kier molecular flexibility index (Phi) is 6.73. The van der Waals surface area contributed by atoms with Crippen LogP contribution in [0.1, 0.15) is 12.0 Å². The molecule has 1 atom stereocenters. The number of thioether (sulfide) groups is 1. The molecule has 0 saturated carbocycles. The third-order valence-electron chi connectivity index (χ3n) is 3.85. The van der Waals surface area contributed by atoms with Gasteiger partial charge in [0.15, 0.2) is 0 Å². The summed E-state index contributed by atoms with van der Waals surface area (Å²) in [6.45, 7) is 0.875. The number of benzene rings is 2. The third kappa shape index (κ3) is 5.43. The van der Waals surface area contributed by atoms with Crippen LogP contribution in [0.15, 0.2) is 75.0 Å². The fourth-order valence-corrected chi connectivity index (χ4v) is 5.29. The van der Waals surface area contributed by atoms with Gasteiger partial charge >= 0.3 is 0 Å². The maximum Gasteiger partial charge on any atom is 0.123 e. The molecule has 0 aliphatic carbocycles. The van der Waals surface area contributed by atoms with E-state index >= 15 is 0 Å². The molecule has 130 valence electrons. The number of hydrogen-bond donors (Lipinski definition) is 0. The second-order valence-electron chi connectivity index (χ2n) is 5.72. The first-order valence-electron chi connectivity index (χ1n) is 7.92. The molecule has 0 spiro atoms. The van der Waals surface area contributed by atoms with E-state index in [9.17, 15) is 4.39 Å². The van der Waals surface area contributed by atoms with Gasteiger partial charge in [0.05, 0.1) is 6.33 Å². The zero-order valence-electron chi connectivity index (χ0n) is 13.4. The molecule has 0 saturated heterocycles. The lowest BCUT2D eigenvalue weighted by atomic mass is 10.1. The Balaban J connectivity index is 1.73. The number of hydrogen-bond acceptors (Lipinski definition) is 2. The number of aryl methyl sites for hydroxylation is 1. The van der Waals surface area contributed by atoms with Crippen LogP contribution in [-0.4, -0.2) is 14.8 Å². The predicted octanol–water partition coefficient (Wildman–Crippen LogP) is 6.34. The van der Waals surface area contributed by atoms with Gasteiger partial charge in [-0.3, -0.25) is 0 Å². The topological polar surface area (TPSA) is 17.8 Å². The molecule has 2 aromatic carbocycles. The smallest absolute Gasteiger partial charge is 0.123 e. The molecule has 6 heteroatoms. The van der Waals surface area contributed by atoms with Gasteiger partial charge in [0.2, 0.25) is 0 Å². The van der Waals surface area contributed by atoms with Gasteiger partial charge in [0.1, 0.15) is 5.82 Å². The average Bonchev–Trinajstić information content (AvgIpc) is 3.10. The number of rotatable bonds is 7. The van der Waals surface area contributed by atoms with Crippen molar-refractivity contribution in [3.8, 4) is 0 Å². The number of aromatic nitrogens is 2. The lowest BCUT2D eigenvalue weighted by Gasteiger charge is -2.19. The summed E-state index contributed by atoms with van der Waals surface area (Å²) in [5.74, 6) is -0.190. The zero-order chi connectivity index (χ0) is 17.6. The molecule has 3 rings (SSSR count). The molecule has 2 nitrogen and oxygen atoms in total. The van der Waals surface area contributed by atoms with Gasteiger partial charge in [-0.05, 0) is 74.5 Å². The molecule has 1 unspecified atom stereocenters. The van der Waals surface area contributed by atoms with Crippen LogP contribution < -0.4 is 0 Å². The first-order chi connectivity index (χ1) is 12.1. The van der Waals surface area contributed by atoms with Crippen molar-refractivity contribution in [1.29, 1.82) is 0 Å². The molecular formula is C19H17Br2FN2S. The minimum absolute atomic E-state index is 0.190. The van der Waals surface area contributed by atoms with E-state index in [-0.39, 0.29) is 5.82 Å². The SMILES string of the molecule is Fc1ccc(CCC(Cn2ccnc2)Sc2c(Br)cccc2Br)cc1. The van der Waals surface area contributed by atoms with E-state index in [1.807, 2.05) is 42.5 Å². The van der Waals surface area contributed by atoms with Crippen molar-refractivity contribution in [3.05, 3.63) is 81.5 Å². The summed E-state index contributed by atoms with van der Waals surface area (Å²) in [7, 11) is 0.